The van der Waals surface area contributed by atoms with Crippen LogP contribution in [0.5, 0.6) is 11.5 Å². The molecule has 1 atom stereocenters. The Bertz CT molecular complexity index is 1400. The molecule has 1 aliphatic rings. The number of nitrogens with one attached hydrogen (secondary N) is 2. The fraction of sp³-hybridized carbons (Fsp3) is 0.192. The number of hydrogen-bond donors (Lipinski definition) is 3. The van der Waals surface area contributed by atoms with Crippen LogP contribution >= 0.6 is 11.8 Å². The van der Waals surface area contributed by atoms with Crippen molar-refractivity contribution in [1.82, 2.24) is 10.1 Å². The molecule has 2 heterocycles. The lowest BCUT2D eigenvalue weighted by atomic mass is 10.0. The van der Waals surface area contributed by atoms with Crippen molar-refractivity contribution in [2.75, 3.05) is 11.9 Å². The van der Waals surface area contributed by atoms with Gasteiger partial charge in [0.15, 0.2) is 11.5 Å². The maximum Gasteiger partial charge on any atom is 0.325 e. The number of phenolic OH excluding ortho intramolecular Hbond substituents is 1. The number of nitrogens with zero attached hydrogens (tertiary/aromatic N) is 2. The zero-order valence-electron chi connectivity index (χ0n) is 18.9. The highest BCUT2D eigenvalue weighted by Crippen LogP contribution is 2.34. The van der Waals surface area contributed by atoms with Crippen molar-refractivity contribution in [2.24, 2.45) is 0 Å². The van der Waals surface area contributed by atoms with Crippen molar-refractivity contribution in [1.29, 1.82) is 0 Å². The first-order chi connectivity index (χ1) is 16.5. The van der Waals surface area contributed by atoms with Crippen LogP contribution in [0.15, 0.2) is 76.7 Å². The molecule has 7 nitrogen and oxygen atoms in total. The van der Waals surface area contributed by atoms with E-state index in [-0.39, 0.29) is 11.3 Å². The van der Waals surface area contributed by atoms with Crippen molar-refractivity contribution in [3.63, 3.8) is 0 Å². The molecule has 5 rings (SSSR count). The summed E-state index contributed by atoms with van der Waals surface area (Å²) in [4.78, 5) is 16.2. The van der Waals surface area contributed by atoms with Gasteiger partial charge in [0.2, 0.25) is 5.16 Å². The molecule has 0 radical (unpaired) electrons. The predicted molar refractivity (Wildman–Crippen MR) is 132 cm³/mol. The number of phenols is 1. The van der Waals surface area contributed by atoms with Gasteiger partial charge in [0.1, 0.15) is 0 Å². The molecule has 0 spiro atoms. The summed E-state index contributed by atoms with van der Waals surface area (Å²) >= 11 is 1.48. The maximum absolute atomic E-state index is 13.3. The van der Waals surface area contributed by atoms with E-state index in [4.69, 9.17) is 9.84 Å². The number of ether oxygens (including phenoxy) is 1. The van der Waals surface area contributed by atoms with Gasteiger partial charge in [-0.3, -0.25) is 9.78 Å². The van der Waals surface area contributed by atoms with Crippen LogP contribution in [0.3, 0.4) is 0 Å². The molecule has 0 bridgehead atoms. The Labute approximate surface area is 201 Å². The summed E-state index contributed by atoms with van der Waals surface area (Å²) in [5, 5.41) is 19.0. The van der Waals surface area contributed by atoms with Crippen LogP contribution in [0, 0.1) is 6.92 Å². The predicted octanol–water partition coefficient (Wildman–Crippen LogP) is 4.40. The molecule has 34 heavy (non-hydrogen) atoms. The molecule has 8 heteroatoms. The number of thioether (sulfide) groups is 1. The second-order valence-electron chi connectivity index (χ2n) is 8.08. The number of hydrogen-bond acceptors (Lipinski definition) is 6. The number of fused-ring (bicyclic) bond motifs is 3. The number of anilines is 1. The van der Waals surface area contributed by atoms with Gasteiger partial charge in [-0.2, -0.15) is 0 Å². The van der Waals surface area contributed by atoms with Crippen molar-refractivity contribution in [2.45, 2.75) is 30.9 Å². The highest BCUT2D eigenvalue weighted by molar-refractivity contribution is 7.98. The van der Waals surface area contributed by atoms with E-state index in [1.807, 2.05) is 37.3 Å². The topological polar surface area (TPSA) is 91.1 Å². The molecule has 3 N–H and O–H groups in total. The van der Waals surface area contributed by atoms with E-state index in [1.165, 1.54) is 17.3 Å². The van der Waals surface area contributed by atoms with Crippen molar-refractivity contribution in [3.8, 4) is 22.8 Å². The van der Waals surface area contributed by atoms with E-state index < -0.39 is 6.17 Å². The Morgan fingerprint density at radius 2 is 1.91 bits per heavy atom. The maximum atomic E-state index is 13.3. The fourth-order valence-corrected chi connectivity index (χ4v) is 4.79. The number of aromatic nitrogens is 3. The van der Waals surface area contributed by atoms with Crippen molar-refractivity contribution < 1.29 is 14.5 Å². The molecule has 0 fully saturated rings. The number of benzene rings is 3. The summed E-state index contributed by atoms with van der Waals surface area (Å²) < 4.78 is 7.31. The number of aromatic amines is 1. The zero-order chi connectivity index (χ0) is 23.7. The van der Waals surface area contributed by atoms with Gasteiger partial charge in [-0.1, -0.05) is 53.7 Å². The number of aromatic hydroxyl groups is 1. The summed E-state index contributed by atoms with van der Waals surface area (Å²) in [5.41, 5.74) is 5.07. The van der Waals surface area contributed by atoms with Crippen LogP contribution in [0.4, 0.5) is 5.69 Å². The van der Waals surface area contributed by atoms with Gasteiger partial charge in [0, 0.05) is 16.4 Å². The average molecular weight is 474 g/mol. The fourth-order valence-electron chi connectivity index (χ4n) is 3.99. The summed E-state index contributed by atoms with van der Waals surface area (Å²) in [6.07, 6.45) is -0.453. The summed E-state index contributed by atoms with van der Waals surface area (Å²) in [6, 6.07) is 21.2. The minimum absolute atomic E-state index is 0.0697. The number of H-pyrrole nitrogens is 1. The van der Waals surface area contributed by atoms with E-state index in [9.17, 15) is 9.90 Å². The quantitative estimate of drug-likeness (QED) is 0.284. The average Bonchev–Trinajstić information content (AvgIpc) is 2.84. The first-order valence-corrected chi connectivity index (χ1v) is 12.1. The normalized spacial score (nSPS) is 14.1. The molecule has 1 aromatic heterocycles. The number of aryl methyl sites for hydroxylation is 1. The molecule has 0 saturated heterocycles. The SMILES string of the molecule is CCOc1cc([C@H]2Nc3ccccc3-c3c(=O)[nH]c(SCc4ccc(C)cc4)n[n+]32)ccc1O. The van der Waals surface area contributed by atoms with Crippen LogP contribution < -0.4 is 20.3 Å². The van der Waals surface area contributed by atoms with Gasteiger partial charge in [-0.15, -0.1) is 0 Å². The Morgan fingerprint density at radius 1 is 1.12 bits per heavy atom. The lowest BCUT2D eigenvalue weighted by Gasteiger charge is -2.22. The van der Waals surface area contributed by atoms with Crippen molar-refractivity contribution in [3.05, 3.63) is 93.8 Å². The van der Waals surface area contributed by atoms with E-state index in [0.29, 0.717) is 29.0 Å². The molecule has 172 valence electrons. The molecule has 0 unspecified atom stereocenters. The monoisotopic (exact) mass is 473 g/mol. The smallest absolute Gasteiger partial charge is 0.325 e. The standard InChI is InChI=1S/C26H24N4O3S/c1-3-33-22-14-18(12-13-21(22)31)24-27-20-7-5-4-6-19(20)23-25(32)28-26(29-30(23)24)34-15-17-10-8-16(2)9-11-17/h4-14,24H,3,15H2,1-2H3,(H2,28,29,31,32)/p+1/t24-/m0/s1. The van der Waals surface area contributed by atoms with Crippen LogP contribution in [0.1, 0.15) is 29.8 Å². The number of para-hydroxylation sites is 1. The molecule has 0 aliphatic carbocycles. The molecule has 4 aromatic rings. The van der Waals surface area contributed by atoms with E-state index in [2.05, 4.69) is 41.5 Å². The molecule has 0 amide bonds. The van der Waals surface area contributed by atoms with Crippen LogP contribution in [0.25, 0.3) is 11.3 Å². The van der Waals surface area contributed by atoms with Crippen molar-refractivity contribution >= 4 is 17.4 Å². The minimum atomic E-state index is -0.453. The second-order valence-corrected chi connectivity index (χ2v) is 9.04. The highest BCUT2D eigenvalue weighted by atomic mass is 32.2. The molecule has 0 saturated carbocycles. The highest BCUT2D eigenvalue weighted by Gasteiger charge is 2.38. The molecule has 1 aliphatic heterocycles. The van der Waals surface area contributed by atoms with Gasteiger partial charge in [0.05, 0.1) is 17.9 Å². The molecule has 3 aromatic carbocycles. The van der Waals surface area contributed by atoms with Crippen LogP contribution in [-0.2, 0) is 5.75 Å². The number of rotatable bonds is 6. The van der Waals surface area contributed by atoms with E-state index in [0.717, 1.165) is 22.4 Å². The summed E-state index contributed by atoms with van der Waals surface area (Å²) in [5.74, 6) is 1.15. The van der Waals surface area contributed by atoms with E-state index in [1.54, 1.807) is 16.8 Å². The third-order valence-corrected chi connectivity index (χ3v) is 6.61. The Balaban J connectivity index is 1.58. The lowest BCUT2D eigenvalue weighted by Crippen LogP contribution is -2.55. The third kappa shape index (κ3) is 4.24. The molecular weight excluding hydrogens is 448 g/mol. The van der Waals surface area contributed by atoms with Gasteiger partial charge >= 0.3 is 11.3 Å². The Kier molecular flexibility index (Phi) is 5.98. The van der Waals surface area contributed by atoms with Gasteiger partial charge < -0.3 is 15.2 Å². The summed E-state index contributed by atoms with van der Waals surface area (Å²) in [7, 11) is 0. The first kappa shape index (κ1) is 22.0. The third-order valence-electron chi connectivity index (χ3n) is 5.68. The van der Waals surface area contributed by atoms with E-state index >= 15 is 0 Å². The Hall–Kier alpha value is -3.78. The van der Waals surface area contributed by atoms with Gasteiger partial charge in [-0.25, -0.2) is 0 Å². The Morgan fingerprint density at radius 3 is 2.71 bits per heavy atom. The summed E-state index contributed by atoms with van der Waals surface area (Å²) in [6.45, 7) is 4.35. The minimum Gasteiger partial charge on any atom is -0.504 e. The van der Waals surface area contributed by atoms with Gasteiger partial charge in [0.25, 0.3) is 6.17 Å². The first-order valence-electron chi connectivity index (χ1n) is 11.1. The zero-order valence-corrected chi connectivity index (χ0v) is 19.7. The van der Waals surface area contributed by atoms with Crippen LogP contribution in [0.2, 0.25) is 0 Å². The second kappa shape index (κ2) is 9.23. The molecular formula is C26H25N4O3S+. The van der Waals surface area contributed by atoms with Gasteiger partial charge in [-0.05, 0) is 54.4 Å². The largest absolute Gasteiger partial charge is 0.504 e. The lowest BCUT2D eigenvalue weighted by molar-refractivity contribution is -0.759. The van der Waals surface area contributed by atoms with Crippen LogP contribution in [-0.4, -0.2) is 21.8 Å².